The average molecular weight is 377 g/mol. The normalized spacial score (nSPS) is 19.0. The fraction of sp³-hybridized carbons (Fsp3) is 0.158. The summed E-state index contributed by atoms with van der Waals surface area (Å²) in [6, 6.07) is 16.3. The SMILES string of the molecule is O[C@](C1=CCC(F)(F)C=C1)(c1ccccc1)c1ccc(Br)cc1. The number of benzene rings is 2. The second-order valence-electron chi connectivity index (χ2n) is 5.54. The topological polar surface area (TPSA) is 20.2 Å². The molecule has 0 fully saturated rings. The van der Waals surface area contributed by atoms with E-state index in [2.05, 4.69) is 15.9 Å². The Labute approximate surface area is 142 Å². The number of aliphatic hydroxyl groups is 1. The van der Waals surface area contributed by atoms with Gasteiger partial charge >= 0.3 is 0 Å². The molecule has 1 aliphatic rings. The van der Waals surface area contributed by atoms with Crippen molar-refractivity contribution < 1.29 is 13.9 Å². The molecule has 4 heteroatoms. The molecule has 1 atom stereocenters. The molecular formula is C19H15BrF2O. The maximum absolute atomic E-state index is 13.4. The monoisotopic (exact) mass is 376 g/mol. The number of hydrogen-bond donors (Lipinski definition) is 1. The van der Waals surface area contributed by atoms with Crippen molar-refractivity contribution in [1.29, 1.82) is 0 Å². The minimum absolute atomic E-state index is 0.412. The first kappa shape index (κ1) is 16.1. The van der Waals surface area contributed by atoms with Crippen LogP contribution < -0.4 is 0 Å². The molecule has 0 bridgehead atoms. The highest BCUT2D eigenvalue weighted by molar-refractivity contribution is 9.10. The third kappa shape index (κ3) is 3.14. The highest BCUT2D eigenvalue weighted by atomic mass is 79.9. The predicted molar refractivity (Wildman–Crippen MR) is 90.4 cm³/mol. The second kappa shape index (κ2) is 6.02. The van der Waals surface area contributed by atoms with Crippen molar-refractivity contribution in [2.75, 3.05) is 0 Å². The Morgan fingerprint density at radius 1 is 0.957 bits per heavy atom. The van der Waals surface area contributed by atoms with Crippen LogP contribution in [-0.2, 0) is 5.60 Å². The lowest BCUT2D eigenvalue weighted by Crippen LogP contribution is -2.31. The largest absolute Gasteiger partial charge is 0.376 e. The first-order valence-corrected chi connectivity index (χ1v) is 8.03. The summed E-state index contributed by atoms with van der Waals surface area (Å²) >= 11 is 3.37. The van der Waals surface area contributed by atoms with Gasteiger partial charge in [-0.1, -0.05) is 70.5 Å². The molecule has 1 nitrogen and oxygen atoms in total. The fourth-order valence-corrected chi connectivity index (χ4v) is 3.00. The van der Waals surface area contributed by atoms with Gasteiger partial charge in [-0.15, -0.1) is 0 Å². The maximum atomic E-state index is 13.4. The number of allylic oxidation sites excluding steroid dienone is 2. The summed E-state index contributed by atoms with van der Waals surface area (Å²) in [5.41, 5.74) is 0.267. The van der Waals surface area contributed by atoms with E-state index in [1.165, 1.54) is 12.2 Å². The Balaban J connectivity index is 2.14. The van der Waals surface area contributed by atoms with Gasteiger partial charge in [0.2, 0.25) is 0 Å². The smallest absolute Gasteiger partial charge is 0.270 e. The minimum atomic E-state index is -2.86. The minimum Gasteiger partial charge on any atom is -0.376 e. The molecule has 23 heavy (non-hydrogen) atoms. The zero-order valence-corrected chi connectivity index (χ0v) is 13.8. The van der Waals surface area contributed by atoms with E-state index in [0.717, 1.165) is 10.5 Å². The Kier molecular flexibility index (Phi) is 4.21. The zero-order valence-electron chi connectivity index (χ0n) is 12.2. The Hall–Kier alpha value is -1.78. The van der Waals surface area contributed by atoms with Crippen molar-refractivity contribution in [3.8, 4) is 0 Å². The maximum Gasteiger partial charge on any atom is 0.270 e. The van der Waals surface area contributed by atoms with Gasteiger partial charge < -0.3 is 5.11 Å². The van der Waals surface area contributed by atoms with E-state index in [1.54, 1.807) is 24.3 Å². The molecule has 1 N–H and O–H groups in total. The van der Waals surface area contributed by atoms with Gasteiger partial charge in [0.25, 0.3) is 5.92 Å². The van der Waals surface area contributed by atoms with E-state index in [1.807, 2.05) is 30.3 Å². The lowest BCUT2D eigenvalue weighted by Gasteiger charge is -2.33. The molecule has 3 rings (SSSR count). The Morgan fingerprint density at radius 2 is 1.57 bits per heavy atom. The van der Waals surface area contributed by atoms with E-state index in [4.69, 9.17) is 0 Å². The molecule has 2 aromatic rings. The molecule has 1 aliphatic carbocycles. The van der Waals surface area contributed by atoms with Crippen LogP contribution >= 0.6 is 15.9 Å². The van der Waals surface area contributed by atoms with Crippen LogP contribution in [0.25, 0.3) is 0 Å². The van der Waals surface area contributed by atoms with Crippen LogP contribution in [0.3, 0.4) is 0 Å². The summed E-state index contributed by atoms with van der Waals surface area (Å²) in [6.45, 7) is 0. The highest BCUT2D eigenvalue weighted by Gasteiger charge is 2.38. The molecule has 0 radical (unpaired) electrons. The number of halogens is 3. The average Bonchev–Trinajstić information content (AvgIpc) is 2.55. The van der Waals surface area contributed by atoms with Gasteiger partial charge in [-0.25, -0.2) is 8.78 Å². The first-order valence-electron chi connectivity index (χ1n) is 7.23. The van der Waals surface area contributed by atoms with E-state index >= 15 is 0 Å². The number of rotatable bonds is 3. The molecule has 2 aromatic carbocycles. The van der Waals surface area contributed by atoms with E-state index in [9.17, 15) is 13.9 Å². The van der Waals surface area contributed by atoms with Crippen LogP contribution in [0.4, 0.5) is 8.78 Å². The van der Waals surface area contributed by atoms with Crippen molar-refractivity contribution in [2.45, 2.75) is 17.9 Å². The van der Waals surface area contributed by atoms with Crippen molar-refractivity contribution in [2.24, 2.45) is 0 Å². The Morgan fingerprint density at radius 3 is 2.13 bits per heavy atom. The summed E-state index contributed by atoms with van der Waals surface area (Å²) in [4.78, 5) is 0. The van der Waals surface area contributed by atoms with Gasteiger partial charge in [0.05, 0.1) is 0 Å². The van der Waals surface area contributed by atoms with E-state index < -0.39 is 17.9 Å². The van der Waals surface area contributed by atoms with Crippen LogP contribution in [0.2, 0.25) is 0 Å². The van der Waals surface area contributed by atoms with Crippen LogP contribution in [-0.4, -0.2) is 11.0 Å². The fourth-order valence-electron chi connectivity index (χ4n) is 2.73. The predicted octanol–water partition coefficient (Wildman–Crippen LogP) is 5.21. The van der Waals surface area contributed by atoms with Crippen LogP contribution in [0, 0.1) is 0 Å². The highest BCUT2D eigenvalue weighted by Crippen LogP contribution is 2.41. The summed E-state index contributed by atoms with van der Waals surface area (Å²) in [6.07, 6.45) is 3.17. The van der Waals surface area contributed by atoms with Crippen molar-refractivity contribution in [1.82, 2.24) is 0 Å². The van der Waals surface area contributed by atoms with Crippen LogP contribution in [0.1, 0.15) is 17.5 Å². The summed E-state index contributed by atoms with van der Waals surface area (Å²) < 4.78 is 27.7. The van der Waals surface area contributed by atoms with Gasteiger partial charge in [-0.3, -0.25) is 0 Å². The standard InChI is InChI=1S/C19H15BrF2O/c20-17-8-6-15(7-9-17)19(23,14-4-2-1-3-5-14)16-10-12-18(21,22)13-11-16/h1-12,23H,13H2/t19-/m1/s1. The molecule has 118 valence electrons. The van der Waals surface area contributed by atoms with Gasteiger partial charge in [-0.2, -0.15) is 0 Å². The first-order chi connectivity index (χ1) is 10.9. The van der Waals surface area contributed by atoms with E-state index in [0.29, 0.717) is 16.7 Å². The molecule has 0 saturated heterocycles. The van der Waals surface area contributed by atoms with Gasteiger partial charge in [0, 0.05) is 10.9 Å². The second-order valence-corrected chi connectivity index (χ2v) is 6.46. The summed E-state index contributed by atoms with van der Waals surface area (Å²) in [7, 11) is 0. The summed E-state index contributed by atoms with van der Waals surface area (Å²) in [5, 5.41) is 11.5. The molecule has 0 saturated carbocycles. The van der Waals surface area contributed by atoms with E-state index in [-0.39, 0.29) is 0 Å². The molecule has 0 aromatic heterocycles. The number of hydrogen-bond acceptors (Lipinski definition) is 1. The van der Waals surface area contributed by atoms with Crippen molar-refractivity contribution in [3.63, 3.8) is 0 Å². The number of alkyl halides is 2. The van der Waals surface area contributed by atoms with Crippen molar-refractivity contribution in [3.05, 3.63) is 94.0 Å². The van der Waals surface area contributed by atoms with Gasteiger partial charge in [0.1, 0.15) is 5.60 Å². The lowest BCUT2D eigenvalue weighted by atomic mass is 9.78. The third-order valence-corrected chi connectivity index (χ3v) is 4.50. The third-order valence-electron chi connectivity index (χ3n) is 3.97. The van der Waals surface area contributed by atoms with Crippen LogP contribution in [0.15, 0.2) is 82.9 Å². The van der Waals surface area contributed by atoms with Crippen molar-refractivity contribution >= 4 is 15.9 Å². The zero-order chi connectivity index (χ0) is 16.5. The lowest BCUT2D eigenvalue weighted by molar-refractivity contribution is 0.0540. The van der Waals surface area contributed by atoms with Gasteiger partial charge in [-0.05, 0) is 34.9 Å². The van der Waals surface area contributed by atoms with Crippen LogP contribution in [0.5, 0.6) is 0 Å². The molecular weight excluding hydrogens is 362 g/mol. The quantitative estimate of drug-likeness (QED) is 0.779. The molecule has 0 heterocycles. The molecule has 0 spiro atoms. The Bertz CT molecular complexity index is 751. The summed E-state index contributed by atoms with van der Waals surface area (Å²) in [5.74, 6) is -2.86. The molecule has 0 unspecified atom stereocenters. The molecule has 0 amide bonds. The molecule has 0 aliphatic heterocycles. The van der Waals surface area contributed by atoms with Gasteiger partial charge in [0.15, 0.2) is 0 Å².